The van der Waals surface area contributed by atoms with Gasteiger partial charge in [0.05, 0.1) is 18.3 Å². The van der Waals surface area contributed by atoms with Crippen LogP contribution in [0, 0.1) is 12.7 Å². The van der Waals surface area contributed by atoms with E-state index in [9.17, 15) is 14.0 Å². The Labute approximate surface area is 160 Å². The average molecular weight is 389 g/mol. The second-order valence-electron chi connectivity index (χ2n) is 6.74. The van der Waals surface area contributed by atoms with Crippen molar-refractivity contribution in [3.05, 3.63) is 33.8 Å². The number of anilines is 2. The Bertz CT molecular complexity index is 944. The lowest BCUT2D eigenvalue weighted by atomic mass is 10.0. The molecule has 2 aromatic rings. The molecule has 0 saturated heterocycles. The van der Waals surface area contributed by atoms with Crippen molar-refractivity contribution >= 4 is 34.0 Å². The highest BCUT2D eigenvalue weighted by atomic mass is 32.1. The average Bonchev–Trinajstić information content (AvgIpc) is 2.97. The van der Waals surface area contributed by atoms with Crippen LogP contribution in [0.2, 0.25) is 0 Å². The number of amides is 2. The zero-order valence-electron chi connectivity index (χ0n) is 15.5. The monoisotopic (exact) mass is 389 g/mol. The molecule has 2 aromatic heterocycles. The van der Waals surface area contributed by atoms with Crippen molar-refractivity contribution in [2.75, 3.05) is 36.5 Å². The van der Waals surface area contributed by atoms with E-state index in [2.05, 4.69) is 9.97 Å². The maximum Gasteiger partial charge on any atom is 0.257 e. The molecule has 0 spiro atoms. The smallest absolute Gasteiger partial charge is 0.257 e. The quantitative estimate of drug-likeness (QED) is 0.786. The van der Waals surface area contributed by atoms with Crippen LogP contribution in [0.15, 0.2) is 6.20 Å². The Balaban J connectivity index is 1.76. The van der Waals surface area contributed by atoms with Crippen molar-refractivity contribution in [1.29, 1.82) is 0 Å². The first kappa shape index (κ1) is 17.8. The number of rotatable bonds is 2. The summed E-state index contributed by atoms with van der Waals surface area (Å²) in [7, 11) is 1.65. The highest BCUT2D eigenvalue weighted by Crippen LogP contribution is 2.41. The highest BCUT2D eigenvalue weighted by molar-refractivity contribution is 7.17. The lowest BCUT2D eigenvalue weighted by Crippen LogP contribution is -2.37. The SMILES string of the molecule is CCN1C(=O)CN(C)C(=O)c2c1sc1c2CCN(c2nc(C)ncc2F)C1. The van der Waals surface area contributed by atoms with Gasteiger partial charge in [-0.1, -0.05) is 0 Å². The molecule has 0 bridgehead atoms. The minimum atomic E-state index is -0.455. The summed E-state index contributed by atoms with van der Waals surface area (Å²) in [5.41, 5.74) is 1.60. The number of fused-ring (bicyclic) bond motifs is 3. The van der Waals surface area contributed by atoms with Gasteiger partial charge in [0.1, 0.15) is 17.4 Å². The molecular formula is C18H20FN5O2S. The third-order valence-electron chi connectivity index (χ3n) is 4.98. The summed E-state index contributed by atoms with van der Waals surface area (Å²) in [6.07, 6.45) is 1.79. The van der Waals surface area contributed by atoms with E-state index in [1.165, 1.54) is 22.4 Å². The largest absolute Gasteiger partial charge is 0.349 e. The van der Waals surface area contributed by atoms with Gasteiger partial charge >= 0.3 is 0 Å². The van der Waals surface area contributed by atoms with Crippen molar-refractivity contribution in [3.63, 3.8) is 0 Å². The first-order chi connectivity index (χ1) is 12.9. The van der Waals surface area contributed by atoms with E-state index in [1.807, 2.05) is 11.8 Å². The molecule has 0 N–H and O–H groups in total. The first-order valence-corrected chi connectivity index (χ1v) is 9.66. The molecule has 0 saturated carbocycles. The number of likely N-dealkylation sites (N-methyl/N-ethyl adjacent to an activating group) is 2. The van der Waals surface area contributed by atoms with Gasteiger partial charge in [0.2, 0.25) is 5.91 Å². The highest BCUT2D eigenvalue weighted by Gasteiger charge is 2.36. The van der Waals surface area contributed by atoms with Crippen molar-refractivity contribution in [3.8, 4) is 0 Å². The lowest BCUT2D eigenvalue weighted by molar-refractivity contribution is -0.118. The van der Waals surface area contributed by atoms with Crippen LogP contribution in [-0.4, -0.2) is 53.4 Å². The van der Waals surface area contributed by atoms with Crippen molar-refractivity contribution in [1.82, 2.24) is 14.9 Å². The Hall–Kier alpha value is -2.55. The normalized spacial score (nSPS) is 17.1. The van der Waals surface area contributed by atoms with Crippen LogP contribution in [0.25, 0.3) is 0 Å². The Morgan fingerprint density at radius 1 is 1.30 bits per heavy atom. The van der Waals surface area contributed by atoms with E-state index in [4.69, 9.17) is 0 Å². The summed E-state index contributed by atoms with van der Waals surface area (Å²) in [6, 6.07) is 0. The van der Waals surface area contributed by atoms with Gasteiger partial charge in [-0.3, -0.25) is 9.59 Å². The summed E-state index contributed by atoms with van der Waals surface area (Å²) in [6.45, 7) is 5.24. The molecule has 0 unspecified atom stereocenters. The predicted octanol–water partition coefficient (Wildman–Crippen LogP) is 1.99. The minimum absolute atomic E-state index is 0.0833. The molecule has 0 aromatic carbocycles. The van der Waals surface area contributed by atoms with Gasteiger partial charge in [-0.15, -0.1) is 11.3 Å². The maximum atomic E-state index is 14.2. The third kappa shape index (κ3) is 2.86. The fourth-order valence-corrected chi connectivity index (χ4v) is 5.06. The number of carbonyl (C=O) groups is 2. The minimum Gasteiger partial charge on any atom is -0.349 e. The zero-order chi connectivity index (χ0) is 19.3. The maximum absolute atomic E-state index is 14.2. The van der Waals surface area contributed by atoms with Gasteiger partial charge in [0.15, 0.2) is 11.6 Å². The molecular weight excluding hydrogens is 369 g/mol. The topological polar surface area (TPSA) is 69.6 Å². The van der Waals surface area contributed by atoms with Crippen molar-refractivity contribution in [2.45, 2.75) is 26.8 Å². The number of aromatic nitrogens is 2. The third-order valence-corrected chi connectivity index (χ3v) is 6.22. The lowest BCUT2D eigenvalue weighted by Gasteiger charge is -2.28. The van der Waals surface area contributed by atoms with Gasteiger partial charge in [-0.2, -0.15) is 0 Å². The molecule has 9 heteroatoms. The second kappa shape index (κ2) is 6.56. The Morgan fingerprint density at radius 2 is 2.07 bits per heavy atom. The van der Waals surface area contributed by atoms with Crippen LogP contribution >= 0.6 is 11.3 Å². The number of halogens is 1. The number of aryl methyl sites for hydroxylation is 1. The molecule has 7 nitrogen and oxygen atoms in total. The molecule has 2 amide bonds. The van der Waals surface area contributed by atoms with E-state index >= 15 is 0 Å². The van der Waals surface area contributed by atoms with Crippen molar-refractivity contribution < 1.29 is 14.0 Å². The Kier molecular flexibility index (Phi) is 4.33. The number of thiophene rings is 1. The fourth-order valence-electron chi connectivity index (χ4n) is 3.63. The van der Waals surface area contributed by atoms with Gasteiger partial charge in [-0.25, -0.2) is 14.4 Å². The van der Waals surface area contributed by atoms with E-state index in [-0.39, 0.29) is 24.2 Å². The number of carbonyl (C=O) groups excluding carboxylic acids is 2. The van der Waals surface area contributed by atoms with Gasteiger partial charge in [-0.05, 0) is 25.8 Å². The van der Waals surface area contributed by atoms with E-state index in [1.54, 1.807) is 18.9 Å². The molecule has 0 fully saturated rings. The van der Waals surface area contributed by atoms with Crippen LogP contribution in [-0.2, 0) is 17.8 Å². The molecule has 0 atom stereocenters. The summed E-state index contributed by atoms with van der Waals surface area (Å²) >= 11 is 1.45. The van der Waals surface area contributed by atoms with Gasteiger partial charge in [0.25, 0.3) is 5.91 Å². The van der Waals surface area contributed by atoms with Crippen LogP contribution in [0.3, 0.4) is 0 Å². The van der Waals surface area contributed by atoms with E-state index in [0.29, 0.717) is 42.4 Å². The molecule has 142 valence electrons. The van der Waals surface area contributed by atoms with Crippen LogP contribution in [0.5, 0.6) is 0 Å². The summed E-state index contributed by atoms with van der Waals surface area (Å²) in [5.74, 6) is 0.134. The van der Waals surface area contributed by atoms with Gasteiger partial charge < -0.3 is 14.7 Å². The summed E-state index contributed by atoms with van der Waals surface area (Å²) in [5, 5.41) is 0.711. The van der Waals surface area contributed by atoms with E-state index in [0.717, 1.165) is 10.4 Å². The number of hydrogen-bond acceptors (Lipinski definition) is 6. The summed E-state index contributed by atoms with van der Waals surface area (Å²) in [4.78, 5) is 39.5. The van der Waals surface area contributed by atoms with Crippen LogP contribution < -0.4 is 9.80 Å². The van der Waals surface area contributed by atoms with Crippen LogP contribution in [0.1, 0.15) is 33.5 Å². The van der Waals surface area contributed by atoms with Crippen molar-refractivity contribution in [2.24, 2.45) is 0 Å². The van der Waals surface area contributed by atoms with Gasteiger partial charge in [0, 0.05) is 25.0 Å². The predicted molar refractivity (Wildman–Crippen MR) is 101 cm³/mol. The summed E-state index contributed by atoms with van der Waals surface area (Å²) < 4.78 is 14.2. The number of hydrogen-bond donors (Lipinski definition) is 0. The van der Waals surface area contributed by atoms with Crippen LogP contribution in [0.4, 0.5) is 15.2 Å². The number of nitrogens with zero attached hydrogens (tertiary/aromatic N) is 5. The standard InChI is InChI=1S/C18H20FN5O2S/c1-4-24-14(25)9-22(3)17(26)15-11-5-6-23(8-13(11)27-18(15)24)16-12(19)7-20-10(2)21-16/h7H,4-6,8-9H2,1-3H3. The zero-order valence-corrected chi connectivity index (χ0v) is 16.3. The Morgan fingerprint density at radius 3 is 2.81 bits per heavy atom. The molecule has 2 aliphatic rings. The molecule has 4 rings (SSSR count). The molecule has 4 heterocycles. The van der Waals surface area contributed by atoms with E-state index < -0.39 is 5.82 Å². The first-order valence-electron chi connectivity index (χ1n) is 8.85. The molecule has 0 radical (unpaired) electrons. The molecule has 27 heavy (non-hydrogen) atoms. The fraction of sp³-hybridized carbons (Fsp3) is 0.444. The molecule has 2 aliphatic heterocycles. The molecule has 0 aliphatic carbocycles. The second-order valence-corrected chi connectivity index (χ2v) is 7.83.